The number of alkyl halides is 3. The highest BCUT2D eigenvalue weighted by molar-refractivity contribution is 5.68. The average Bonchev–Trinajstić information content (AvgIpc) is 2.23. The van der Waals surface area contributed by atoms with Crippen molar-refractivity contribution in [2.45, 2.75) is 58.0 Å². The predicted octanol–water partition coefficient (Wildman–Crippen LogP) is 2.24. The van der Waals surface area contributed by atoms with E-state index in [1.807, 2.05) is 6.92 Å². The minimum atomic E-state index is -4.37. The molecule has 1 rings (SSSR count). The molecule has 0 unspecified atom stereocenters. The number of ether oxygens (including phenoxy) is 1. The summed E-state index contributed by atoms with van der Waals surface area (Å²) in [6.07, 6.45) is -7.45. The summed E-state index contributed by atoms with van der Waals surface area (Å²) in [5, 5.41) is 9.48. The van der Waals surface area contributed by atoms with Crippen molar-refractivity contribution in [3.05, 3.63) is 0 Å². The molecule has 0 aromatic rings. The predicted molar refractivity (Wildman–Crippen MR) is 75.5 cm³/mol. The quantitative estimate of drug-likeness (QED) is 0.864. The van der Waals surface area contributed by atoms with Gasteiger partial charge >= 0.3 is 12.3 Å². The highest BCUT2D eigenvalue weighted by Crippen LogP contribution is 2.22. The van der Waals surface area contributed by atoms with Gasteiger partial charge in [0.2, 0.25) is 0 Å². The molecule has 0 spiro atoms. The highest BCUT2D eigenvalue weighted by atomic mass is 19.4. The summed E-state index contributed by atoms with van der Waals surface area (Å²) in [5.74, 6) is 0. The number of halogens is 3. The van der Waals surface area contributed by atoms with E-state index in [0.717, 1.165) is 0 Å². The van der Waals surface area contributed by atoms with E-state index in [4.69, 9.17) is 4.74 Å². The molecule has 22 heavy (non-hydrogen) atoms. The Morgan fingerprint density at radius 2 is 1.91 bits per heavy atom. The molecule has 1 saturated heterocycles. The fraction of sp³-hybridized carbons (Fsp3) is 0.929. The standard InChI is InChI=1S/C14H25F3N2O3/c1-10-8-18(9-11(20)7-14(15,16)17)5-6-19(10)12(21)22-13(2,3)4/h10-11,20H,5-9H2,1-4H3/t10-,11+/m1/s1. The third-order valence-electron chi connectivity index (χ3n) is 3.28. The first-order valence-electron chi connectivity index (χ1n) is 7.34. The van der Waals surface area contributed by atoms with Gasteiger partial charge in [-0.05, 0) is 27.7 Å². The first kappa shape index (κ1) is 19.0. The van der Waals surface area contributed by atoms with E-state index in [1.165, 1.54) is 0 Å². The first-order chi connectivity index (χ1) is 9.87. The molecule has 0 saturated carbocycles. The number of aliphatic hydroxyl groups is 1. The molecule has 1 N–H and O–H groups in total. The van der Waals surface area contributed by atoms with Crippen LogP contribution in [0.25, 0.3) is 0 Å². The molecule has 0 aromatic heterocycles. The van der Waals surface area contributed by atoms with E-state index in [-0.39, 0.29) is 12.6 Å². The second-order valence-corrected chi connectivity index (χ2v) is 6.76. The van der Waals surface area contributed by atoms with Crippen molar-refractivity contribution in [1.82, 2.24) is 9.80 Å². The maximum Gasteiger partial charge on any atom is 0.410 e. The summed E-state index contributed by atoms with van der Waals surface area (Å²) < 4.78 is 41.9. The summed E-state index contributed by atoms with van der Waals surface area (Å²) in [5.41, 5.74) is -0.586. The number of piperazine rings is 1. The molecule has 130 valence electrons. The monoisotopic (exact) mass is 326 g/mol. The Balaban J connectivity index is 2.47. The maximum absolute atomic E-state index is 12.2. The van der Waals surface area contributed by atoms with Gasteiger partial charge in [-0.1, -0.05) is 0 Å². The Morgan fingerprint density at radius 1 is 1.32 bits per heavy atom. The summed E-state index contributed by atoms with van der Waals surface area (Å²) in [4.78, 5) is 15.3. The second kappa shape index (κ2) is 7.04. The Morgan fingerprint density at radius 3 is 2.36 bits per heavy atom. The molecule has 1 amide bonds. The molecule has 0 bridgehead atoms. The largest absolute Gasteiger partial charge is 0.444 e. The summed E-state index contributed by atoms with van der Waals surface area (Å²) in [6.45, 7) is 8.29. The number of aliphatic hydroxyl groups excluding tert-OH is 1. The van der Waals surface area contributed by atoms with Gasteiger partial charge in [0.05, 0.1) is 12.5 Å². The fourth-order valence-electron chi connectivity index (χ4n) is 2.42. The van der Waals surface area contributed by atoms with Crippen molar-refractivity contribution in [2.24, 2.45) is 0 Å². The Labute approximate surface area is 129 Å². The number of hydrogen-bond acceptors (Lipinski definition) is 4. The maximum atomic E-state index is 12.2. The van der Waals surface area contributed by atoms with E-state index >= 15 is 0 Å². The molecular formula is C14H25F3N2O3. The van der Waals surface area contributed by atoms with Crippen LogP contribution in [0.3, 0.4) is 0 Å². The lowest BCUT2D eigenvalue weighted by Gasteiger charge is -2.40. The van der Waals surface area contributed by atoms with Crippen LogP contribution in [0.4, 0.5) is 18.0 Å². The molecule has 1 fully saturated rings. The topological polar surface area (TPSA) is 53.0 Å². The Bertz CT molecular complexity index is 383. The van der Waals surface area contributed by atoms with Crippen LogP contribution >= 0.6 is 0 Å². The molecular weight excluding hydrogens is 301 g/mol. The van der Waals surface area contributed by atoms with Gasteiger partial charge < -0.3 is 14.7 Å². The van der Waals surface area contributed by atoms with Crippen LogP contribution in [0.2, 0.25) is 0 Å². The van der Waals surface area contributed by atoms with E-state index in [9.17, 15) is 23.1 Å². The number of nitrogens with zero attached hydrogens (tertiary/aromatic N) is 2. The van der Waals surface area contributed by atoms with Crippen LogP contribution < -0.4 is 0 Å². The summed E-state index contributed by atoms with van der Waals surface area (Å²) in [7, 11) is 0. The number of β-amino-alcohol motifs (C(OH)–C–C–N with tert-alkyl or cyclic N) is 1. The van der Waals surface area contributed by atoms with Gasteiger partial charge in [-0.15, -0.1) is 0 Å². The van der Waals surface area contributed by atoms with E-state index < -0.39 is 30.4 Å². The SMILES string of the molecule is C[C@@H]1CN(C[C@@H](O)CC(F)(F)F)CCN1C(=O)OC(C)(C)C. The van der Waals surface area contributed by atoms with Crippen molar-refractivity contribution in [3.8, 4) is 0 Å². The second-order valence-electron chi connectivity index (χ2n) is 6.76. The number of amides is 1. The van der Waals surface area contributed by atoms with Crippen LogP contribution in [-0.2, 0) is 4.74 Å². The molecule has 2 atom stereocenters. The Kier molecular flexibility index (Phi) is 6.09. The normalized spacial score (nSPS) is 22.5. The fourth-order valence-corrected chi connectivity index (χ4v) is 2.42. The van der Waals surface area contributed by atoms with E-state index in [1.54, 1.807) is 30.6 Å². The average molecular weight is 326 g/mol. The minimum absolute atomic E-state index is 0.0496. The molecule has 1 heterocycles. The molecule has 1 aliphatic heterocycles. The van der Waals surface area contributed by atoms with Gasteiger partial charge in [-0.2, -0.15) is 13.2 Å². The highest BCUT2D eigenvalue weighted by Gasteiger charge is 2.34. The van der Waals surface area contributed by atoms with Gasteiger partial charge in [0.25, 0.3) is 0 Å². The lowest BCUT2D eigenvalue weighted by Crippen LogP contribution is -2.56. The summed E-state index contributed by atoms with van der Waals surface area (Å²) in [6, 6.07) is -0.179. The van der Waals surface area contributed by atoms with Gasteiger partial charge in [-0.3, -0.25) is 4.90 Å². The van der Waals surface area contributed by atoms with Crippen molar-refractivity contribution in [3.63, 3.8) is 0 Å². The number of hydrogen-bond donors (Lipinski definition) is 1. The van der Waals surface area contributed by atoms with Crippen LogP contribution in [0.15, 0.2) is 0 Å². The van der Waals surface area contributed by atoms with Crippen molar-refractivity contribution in [2.75, 3.05) is 26.2 Å². The van der Waals surface area contributed by atoms with E-state index in [0.29, 0.717) is 19.6 Å². The molecule has 5 nitrogen and oxygen atoms in total. The van der Waals surface area contributed by atoms with Gasteiger partial charge in [0.1, 0.15) is 5.60 Å². The van der Waals surface area contributed by atoms with Crippen molar-refractivity contribution in [1.29, 1.82) is 0 Å². The molecule has 0 aromatic carbocycles. The molecule has 1 aliphatic rings. The smallest absolute Gasteiger partial charge is 0.410 e. The Hall–Kier alpha value is -1.02. The molecule has 0 aliphatic carbocycles. The van der Waals surface area contributed by atoms with Crippen LogP contribution in [-0.4, -0.2) is 71.1 Å². The zero-order valence-corrected chi connectivity index (χ0v) is 13.5. The molecule has 0 radical (unpaired) electrons. The third kappa shape index (κ3) is 6.83. The third-order valence-corrected chi connectivity index (χ3v) is 3.28. The van der Waals surface area contributed by atoms with Crippen molar-refractivity contribution >= 4 is 6.09 Å². The number of rotatable bonds is 3. The van der Waals surface area contributed by atoms with Crippen LogP contribution in [0.5, 0.6) is 0 Å². The van der Waals surface area contributed by atoms with Gasteiger partial charge in [0, 0.05) is 32.2 Å². The minimum Gasteiger partial charge on any atom is -0.444 e. The van der Waals surface area contributed by atoms with Crippen molar-refractivity contribution < 1.29 is 27.8 Å². The zero-order chi connectivity index (χ0) is 17.1. The lowest BCUT2D eigenvalue weighted by molar-refractivity contribution is -0.155. The first-order valence-corrected chi connectivity index (χ1v) is 7.34. The molecule has 8 heteroatoms. The zero-order valence-electron chi connectivity index (χ0n) is 13.5. The number of carbonyl (C=O) groups is 1. The van der Waals surface area contributed by atoms with Crippen LogP contribution in [0, 0.1) is 0 Å². The van der Waals surface area contributed by atoms with Gasteiger partial charge in [0.15, 0.2) is 0 Å². The summed E-state index contributed by atoms with van der Waals surface area (Å²) >= 11 is 0. The van der Waals surface area contributed by atoms with Crippen LogP contribution in [0.1, 0.15) is 34.1 Å². The number of carbonyl (C=O) groups excluding carboxylic acids is 1. The van der Waals surface area contributed by atoms with Gasteiger partial charge in [-0.25, -0.2) is 4.79 Å². The lowest BCUT2D eigenvalue weighted by atomic mass is 10.1. The van der Waals surface area contributed by atoms with E-state index in [2.05, 4.69) is 0 Å².